The molecule has 0 aromatic heterocycles. The van der Waals surface area contributed by atoms with E-state index < -0.39 is 22.5 Å². The van der Waals surface area contributed by atoms with E-state index in [2.05, 4.69) is 10.5 Å². The van der Waals surface area contributed by atoms with Crippen LogP contribution < -0.4 is 14.5 Å². The molecule has 0 radical (unpaired) electrons. The van der Waals surface area contributed by atoms with E-state index >= 15 is 0 Å². The van der Waals surface area contributed by atoms with Crippen molar-refractivity contribution in [2.45, 2.75) is 24.2 Å². The number of nitrogens with zero attached hydrogens (tertiary/aromatic N) is 3. The molecule has 2 amide bonds. The number of halogens is 2. The van der Waals surface area contributed by atoms with Crippen LogP contribution in [0.5, 0.6) is 5.75 Å². The Labute approximate surface area is 243 Å². The maximum atomic E-state index is 13.4. The Morgan fingerprint density at radius 3 is 2.35 bits per heavy atom. The lowest BCUT2D eigenvalue weighted by molar-refractivity contribution is -0.134. The highest BCUT2D eigenvalue weighted by Gasteiger charge is 2.28. The Balaban J connectivity index is 1.38. The number of likely N-dealkylation sites (tertiary alicyclic amines) is 1. The van der Waals surface area contributed by atoms with Crippen LogP contribution >= 0.6 is 23.2 Å². The summed E-state index contributed by atoms with van der Waals surface area (Å²) < 4.78 is 33.3. The third-order valence-corrected chi connectivity index (χ3v) is 8.46. The number of hydrogen-bond donors (Lipinski definition) is 1. The number of hydrogen-bond acceptors (Lipinski definition) is 6. The first-order chi connectivity index (χ1) is 19.2. The fourth-order valence-corrected chi connectivity index (χ4v) is 6.10. The smallest absolute Gasteiger partial charge is 0.264 e. The SMILES string of the molecule is O=C(CN(c1ccc(Cl)cc1Cl)S(=O)(=O)c1ccccc1)N/N=C\c1ccc(OCC(=O)N2CCCCC2)cc1. The highest BCUT2D eigenvalue weighted by molar-refractivity contribution is 7.92. The van der Waals surface area contributed by atoms with Gasteiger partial charge in [-0.25, -0.2) is 13.8 Å². The lowest BCUT2D eigenvalue weighted by Crippen LogP contribution is -2.39. The molecule has 0 spiro atoms. The van der Waals surface area contributed by atoms with Crippen molar-refractivity contribution < 1.29 is 22.7 Å². The van der Waals surface area contributed by atoms with E-state index in [9.17, 15) is 18.0 Å². The predicted molar refractivity (Wildman–Crippen MR) is 156 cm³/mol. The average molecular weight is 604 g/mol. The number of sulfonamides is 1. The maximum absolute atomic E-state index is 13.4. The molecular formula is C28H28Cl2N4O5S. The summed E-state index contributed by atoms with van der Waals surface area (Å²) in [5, 5.41) is 4.34. The number of anilines is 1. The molecule has 0 atom stereocenters. The minimum Gasteiger partial charge on any atom is -0.484 e. The van der Waals surface area contributed by atoms with Gasteiger partial charge < -0.3 is 9.64 Å². The summed E-state index contributed by atoms with van der Waals surface area (Å²) in [5.41, 5.74) is 3.11. The number of rotatable bonds is 10. The second-order valence-corrected chi connectivity index (χ2v) is 11.7. The lowest BCUT2D eigenvalue weighted by atomic mass is 10.1. The van der Waals surface area contributed by atoms with Crippen molar-refractivity contribution in [2.75, 3.05) is 30.5 Å². The number of piperidine rings is 1. The first-order valence-electron chi connectivity index (χ1n) is 12.6. The lowest BCUT2D eigenvalue weighted by Gasteiger charge is -2.26. The fraction of sp³-hybridized carbons (Fsp3) is 0.250. The summed E-state index contributed by atoms with van der Waals surface area (Å²) in [4.78, 5) is 26.8. The molecule has 1 saturated heterocycles. The van der Waals surface area contributed by atoms with Crippen LogP contribution in [0, 0.1) is 0 Å². The van der Waals surface area contributed by atoms with Gasteiger partial charge in [-0.15, -0.1) is 0 Å². The topological polar surface area (TPSA) is 108 Å². The van der Waals surface area contributed by atoms with Crippen molar-refractivity contribution in [1.82, 2.24) is 10.3 Å². The third-order valence-electron chi connectivity index (χ3n) is 6.15. The van der Waals surface area contributed by atoms with Gasteiger partial charge >= 0.3 is 0 Å². The molecule has 3 aromatic carbocycles. The fourth-order valence-electron chi connectivity index (χ4n) is 4.08. The normalized spacial score (nSPS) is 13.7. The van der Waals surface area contributed by atoms with Gasteiger partial charge in [-0.2, -0.15) is 5.10 Å². The number of carbonyl (C=O) groups excluding carboxylic acids is 2. The van der Waals surface area contributed by atoms with E-state index in [-0.39, 0.29) is 28.1 Å². The standard InChI is InChI=1S/C28H28Cl2N4O5S/c29-22-11-14-26(25(30)17-22)34(40(37,38)24-7-3-1-4-8-24)19-27(35)32-31-18-21-9-12-23(13-10-21)39-20-28(36)33-15-5-2-6-16-33/h1,3-4,7-14,17-18H,2,5-6,15-16,19-20H2,(H,32,35)/b31-18-. The van der Waals surface area contributed by atoms with Gasteiger partial charge in [0.1, 0.15) is 12.3 Å². The van der Waals surface area contributed by atoms with Crippen molar-refractivity contribution in [1.29, 1.82) is 0 Å². The number of ether oxygens (including phenoxy) is 1. The van der Waals surface area contributed by atoms with Crippen LogP contribution in [-0.4, -0.2) is 57.6 Å². The van der Waals surface area contributed by atoms with Crippen LogP contribution in [0.15, 0.2) is 82.8 Å². The van der Waals surface area contributed by atoms with Crippen molar-refractivity contribution in [3.63, 3.8) is 0 Å². The molecule has 1 aliphatic rings. The zero-order chi connectivity index (χ0) is 28.5. The minimum absolute atomic E-state index is 0.00254. The van der Waals surface area contributed by atoms with Gasteiger partial charge in [0.05, 0.1) is 21.8 Å². The summed E-state index contributed by atoms with van der Waals surface area (Å²) in [6.45, 7) is 0.940. The molecule has 1 fully saturated rings. The number of nitrogens with one attached hydrogen (secondary N) is 1. The Bertz CT molecular complexity index is 1460. The van der Waals surface area contributed by atoms with Crippen LogP contribution in [-0.2, 0) is 19.6 Å². The van der Waals surface area contributed by atoms with Crippen LogP contribution in [0.3, 0.4) is 0 Å². The number of carbonyl (C=O) groups is 2. The van der Waals surface area contributed by atoms with Gasteiger partial charge in [-0.1, -0.05) is 41.4 Å². The molecule has 3 aromatic rings. The van der Waals surface area contributed by atoms with Crippen LogP contribution in [0.2, 0.25) is 10.0 Å². The largest absolute Gasteiger partial charge is 0.484 e. The first kappa shape index (κ1) is 29.4. The van der Waals surface area contributed by atoms with Gasteiger partial charge in [0.25, 0.3) is 21.8 Å². The summed E-state index contributed by atoms with van der Waals surface area (Å²) in [6, 6.07) is 18.9. The van der Waals surface area contributed by atoms with E-state index in [1.54, 1.807) is 42.5 Å². The summed E-state index contributed by atoms with van der Waals surface area (Å²) in [7, 11) is -4.13. The summed E-state index contributed by atoms with van der Waals surface area (Å²) >= 11 is 12.3. The molecule has 4 rings (SSSR count). The van der Waals surface area contributed by atoms with Crippen molar-refractivity contribution in [3.8, 4) is 5.75 Å². The number of amides is 2. The zero-order valence-electron chi connectivity index (χ0n) is 21.5. The highest BCUT2D eigenvalue weighted by atomic mass is 35.5. The Morgan fingerprint density at radius 2 is 1.68 bits per heavy atom. The van der Waals surface area contributed by atoms with Gasteiger partial charge in [0, 0.05) is 18.1 Å². The van der Waals surface area contributed by atoms with Crippen LogP contribution in [0.1, 0.15) is 24.8 Å². The first-order valence-corrected chi connectivity index (χ1v) is 14.8. The van der Waals surface area contributed by atoms with E-state index in [4.69, 9.17) is 27.9 Å². The Hall–Kier alpha value is -3.60. The molecule has 9 nitrogen and oxygen atoms in total. The average Bonchev–Trinajstić information content (AvgIpc) is 2.96. The minimum atomic E-state index is -4.13. The summed E-state index contributed by atoms with van der Waals surface area (Å²) in [6.07, 6.45) is 4.60. The molecule has 0 aliphatic carbocycles. The quantitative estimate of drug-likeness (QED) is 0.266. The van der Waals surface area contributed by atoms with Gasteiger partial charge in [0.2, 0.25) is 0 Å². The maximum Gasteiger partial charge on any atom is 0.264 e. The van der Waals surface area contributed by atoms with Crippen molar-refractivity contribution >= 4 is 56.9 Å². The highest BCUT2D eigenvalue weighted by Crippen LogP contribution is 2.32. The van der Waals surface area contributed by atoms with Crippen LogP contribution in [0.25, 0.3) is 0 Å². The Morgan fingerprint density at radius 1 is 0.975 bits per heavy atom. The van der Waals surface area contributed by atoms with Crippen molar-refractivity contribution in [2.24, 2.45) is 5.10 Å². The van der Waals surface area contributed by atoms with E-state index in [0.717, 1.165) is 36.7 Å². The molecule has 0 unspecified atom stereocenters. The second-order valence-electron chi connectivity index (χ2n) is 9.01. The monoisotopic (exact) mass is 602 g/mol. The predicted octanol–water partition coefficient (Wildman–Crippen LogP) is 4.73. The number of benzene rings is 3. The zero-order valence-corrected chi connectivity index (χ0v) is 23.8. The molecular weight excluding hydrogens is 575 g/mol. The molecule has 0 saturated carbocycles. The molecule has 40 heavy (non-hydrogen) atoms. The van der Waals surface area contributed by atoms with E-state index in [1.165, 1.54) is 36.5 Å². The molecule has 1 aliphatic heterocycles. The van der Waals surface area contributed by atoms with Crippen molar-refractivity contribution in [3.05, 3.63) is 88.4 Å². The second kappa shape index (κ2) is 13.6. The molecule has 210 valence electrons. The van der Waals surface area contributed by atoms with E-state index in [0.29, 0.717) is 16.3 Å². The third kappa shape index (κ3) is 7.74. The summed E-state index contributed by atoms with van der Waals surface area (Å²) in [5.74, 6) is -0.178. The van der Waals surface area contributed by atoms with Gasteiger partial charge in [0.15, 0.2) is 6.61 Å². The van der Waals surface area contributed by atoms with Gasteiger partial charge in [-0.3, -0.25) is 13.9 Å². The van der Waals surface area contributed by atoms with E-state index in [1.807, 2.05) is 4.90 Å². The molecule has 1 N–H and O–H groups in total. The van der Waals surface area contributed by atoms with Gasteiger partial charge in [-0.05, 0) is 79.4 Å². The molecule has 12 heteroatoms. The molecule has 0 bridgehead atoms. The molecule has 1 heterocycles. The van der Waals surface area contributed by atoms with Crippen LogP contribution in [0.4, 0.5) is 5.69 Å². The number of hydrazone groups is 1. The Kier molecular flexibility index (Phi) is 10.0.